The van der Waals surface area contributed by atoms with Crippen LogP contribution in [0.3, 0.4) is 0 Å². The number of carbonyl (C=O) groups excluding carboxylic acids is 1. The lowest BCUT2D eigenvalue weighted by molar-refractivity contribution is 0.101. The third kappa shape index (κ3) is 3.34. The first-order valence-electron chi connectivity index (χ1n) is 6.57. The highest BCUT2D eigenvalue weighted by Gasteiger charge is 2.16. The Hall–Kier alpha value is -1.65. The zero-order valence-corrected chi connectivity index (χ0v) is 13.7. The predicted molar refractivity (Wildman–Crippen MR) is 88.8 cm³/mol. The molecule has 0 unspecified atom stereocenters. The second-order valence-electron chi connectivity index (χ2n) is 4.75. The molecule has 0 aliphatic rings. The van der Waals surface area contributed by atoms with Crippen molar-refractivity contribution in [2.75, 3.05) is 23.8 Å². The number of nitrogens with zero attached hydrogens (tertiary/aromatic N) is 2. The van der Waals surface area contributed by atoms with Gasteiger partial charge in [0.15, 0.2) is 0 Å². The maximum atomic E-state index is 12.3. The smallest absolute Gasteiger partial charge is 0.272 e. The number of anilines is 2. The van der Waals surface area contributed by atoms with Crippen molar-refractivity contribution >= 4 is 40.5 Å². The molecule has 1 aromatic carbocycles. The number of carbonyl (C=O) groups is 1. The molecular weight excluding hydrogens is 309 g/mol. The Kier molecular flexibility index (Phi) is 4.80. The average molecular weight is 326 g/mol. The fraction of sp³-hybridized carbons (Fsp3) is 0.267. The number of hydrogen-bond donors (Lipinski definition) is 1. The monoisotopic (exact) mass is 325 g/mol. The first kappa shape index (κ1) is 15.7. The van der Waals surface area contributed by atoms with Gasteiger partial charge in [0.2, 0.25) is 0 Å². The number of nitrogens with one attached hydrogen (secondary N) is 1. The lowest BCUT2D eigenvalue weighted by Gasteiger charge is -2.17. The van der Waals surface area contributed by atoms with Gasteiger partial charge in [-0.25, -0.2) is 0 Å². The SMILES string of the molecule is CCN(C)c1cccc(NC(=O)c2cc(Cl)c(Cl)n2C)c1. The van der Waals surface area contributed by atoms with Gasteiger partial charge in [0, 0.05) is 32.0 Å². The first-order valence-corrected chi connectivity index (χ1v) is 7.33. The Morgan fingerprint density at radius 3 is 2.62 bits per heavy atom. The van der Waals surface area contributed by atoms with Gasteiger partial charge >= 0.3 is 0 Å². The van der Waals surface area contributed by atoms with E-state index in [1.165, 1.54) is 0 Å². The van der Waals surface area contributed by atoms with Crippen LogP contribution in [0.1, 0.15) is 17.4 Å². The molecule has 0 aliphatic heterocycles. The summed E-state index contributed by atoms with van der Waals surface area (Å²) in [6, 6.07) is 9.23. The van der Waals surface area contributed by atoms with Gasteiger partial charge < -0.3 is 14.8 Å². The van der Waals surface area contributed by atoms with Gasteiger partial charge in [-0.3, -0.25) is 4.79 Å². The molecule has 1 heterocycles. The van der Waals surface area contributed by atoms with Crippen molar-refractivity contribution in [2.24, 2.45) is 7.05 Å². The molecule has 4 nitrogen and oxygen atoms in total. The van der Waals surface area contributed by atoms with Crippen LogP contribution in [0.15, 0.2) is 30.3 Å². The number of aromatic nitrogens is 1. The Labute approximate surface area is 134 Å². The summed E-state index contributed by atoms with van der Waals surface area (Å²) in [5.74, 6) is -0.248. The first-order chi connectivity index (χ1) is 9.93. The molecule has 1 aromatic heterocycles. The van der Waals surface area contributed by atoms with E-state index in [1.54, 1.807) is 17.7 Å². The molecule has 2 aromatic rings. The average Bonchev–Trinajstić information content (AvgIpc) is 2.74. The summed E-state index contributed by atoms with van der Waals surface area (Å²) >= 11 is 11.9. The van der Waals surface area contributed by atoms with Crippen LogP contribution in [-0.2, 0) is 7.05 Å². The number of benzene rings is 1. The zero-order valence-electron chi connectivity index (χ0n) is 12.2. The van der Waals surface area contributed by atoms with Crippen LogP contribution in [0.2, 0.25) is 10.2 Å². The topological polar surface area (TPSA) is 37.3 Å². The molecule has 0 aliphatic carbocycles. The fourth-order valence-corrected chi connectivity index (χ4v) is 2.33. The maximum absolute atomic E-state index is 12.3. The Bertz CT molecular complexity index is 667. The summed E-state index contributed by atoms with van der Waals surface area (Å²) in [7, 11) is 3.70. The molecule has 0 bridgehead atoms. The highest BCUT2D eigenvalue weighted by Crippen LogP contribution is 2.26. The molecule has 112 valence electrons. The van der Waals surface area contributed by atoms with E-state index >= 15 is 0 Å². The van der Waals surface area contributed by atoms with E-state index < -0.39 is 0 Å². The van der Waals surface area contributed by atoms with E-state index in [0.29, 0.717) is 15.9 Å². The van der Waals surface area contributed by atoms with Crippen LogP contribution < -0.4 is 10.2 Å². The molecule has 0 spiro atoms. The summed E-state index contributed by atoms with van der Waals surface area (Å²) in [6.45, 7) is 2.96. The van der Waals surface area contributed by atoms with Gasteiger partial charge in [-0.05, 0) is 31.2 Å². The Balaban J connectivity index is 2.21. The van der Waals surface area contributed by atoms with Crippen molar-refractivity contribution in [3.05, 3.63) is 46.2 Å². The molecule has 6 heteroatoms. The largest absolute Gasteiger partial charge is 0.375 e. The van der Waals surface area contributed by atoms with E-state index in [-0.39, 0.29) is 5.91 Å². The lowest BCUT2D eigenvalue weighted by Crippen LogP contribution is -2.18. The molecule has 1 amide bonds. The van der Waals surface area contributed by atoms with Gasteiger partial charge in [-0.1, -0.05) is 29.3 Å². The van der Waals surface area contributed by atoms with Crippen LogP contribution >= 0.6 is 23.2 Å². The number of hydrogen-bond acceptors (Lipinski definition) is 2. The van der Waals surface area contributed by atoms with E-state index in [2.05, 4.69) is 17.1 Å². The van der Waals surface area contributed by atoms with E-state index in [4.69, 9.17) is 23.2 Å². The third-order valence-corrected chi connectivity index (χ3v) is 4.21. The minimum atomic E-state index is -0.248. The van der Waals surface area contributed by atoms with Crippen LogP contribution in [0.5, 0.6) is 0 Å². The van der Waals surface area contributed by atoms with Crippen LogP contribution in [0.25, 0.3) is 0 Å². The molecule has 0 saturated heterocycles. The van der Waals surface area contributed by atoms with Crippen molar-refractivity contribution < 1.29 is 4.79 Å². The Morgan fingerprint density at radius 2 is 2.05 bits per heavy atom. The number of amides is 1. The number of halogens is 2. The molecule has 1 N–H and O–H groups in total. The molecule has 2 rings (SSSR count). The van der Waals surface area contributed by atoms with Crippen LogP contribution in [0, 0.1) is 0 Å². The van der Waals surface area contributed by atoms with Gasteiger partial charge in [0.05, 0.1) is 5.02 Å². The second-order valence-corrected chi connectivity index (χ2v) is 5.51. The van der Waals surface area contributed by atoms with E-state index in [9.17, 15) is 4.79 Å². The van der Waals surface area contributed by atoms with Crippen LogP contribution in [0.4, 0.5) is 11.4 Å². The highest BCUT2D eigenvalue weighted by molar-refractivity contribution is 6.42. The van der Waals surface area contributed by atoms with Gasteiger partial charge in [-0.2, -0.15) is 0 Å². The zero-order chi connectivity index (χ0) is 15.6. The fourth-order valence-electron chi connectivity index (χ4n) is 1.96. The summed E-state index contributed by atoms with van der Waals surface area (Å²) < 4.78 is 1.56. The van der Waals surface area contributed by atoms with E-state index in [1.807, 2.05) is 31.3 Å². The van der Waals surface area contributed by atoms with Gasteiger partial charge in [0.1, 0.15) is 10.8 Å². The van der Waals surface area contributed by atoms with Crippen molar-refractivity contribution in [2.45, 2.75) is 6.92 Å². The normalized spacial score (nSPS) is 10.5. The summed E-state index contributed by atoms with van der Waals surface area (Å²) in [6.07, 6.45) is 0. The molecule has 0 radical (unpaired) electrons. The van der Waals surface area contributed by atoms with Crippen molar-refractivity contribution in [1.29, 1.82) is 0 Å². The minimum Gasteiger partial charge on any atom is -0.375 e. The molecular formula is C15H17Cl2N3O. The minimum absolute atomic E-state index is 0.248. The van der Waals surface area contributed by atoms with Gasteiger partial charge in [0.25, 0.3) is 5.91 Å². The standard InChI is InChI=1S/C15H17Cl2N3O/c1-4-19(2)11-7-5-6-10(8-11)18-15(21)13-9-12(16)14(17)20(13)3/h5-9H,4H2,1-3H3,(H,18,21). The van der Waals surface area contributed by atoms with Crippen molar-refractivity contribution in [3.63, 3.8) is 0 Å². The highest BCUT2D eigenvalue weighted by atomic mass is 35.5. The second kappa shape index (κ2) is 6.41. The predicted octanol–water partition coefficient (Wildman–Crippen LogP) is 4.04. The third-order valence-electron chi connectivity index (χ3n) is 3.37. The Morgan fingerprint density at radius 1 is 1.33 bits per heavy atom. The van der Waals surface area contributed by atoms with Gasteiger partial charge in [-0.15, -0.1) is 0 Å². The summed E-state index contributed by atoms with van der Waals surface area (Å²) in [4.78, 5) is 14.4. The van der Waals surface area contributed by atoms with Crippen molar-refractivity contribution in [3.8, 4) is 0 Å². The molecule has 0 atom stereocenters. The van der Waals surface area contributed by atoms with E-state index in [0.717, 1.165) is 17.9 Å². The quantitative estimate of drug-likeness (QED) is 0.921. The molecule has 0 fully saturated rings. The summed E-state index contributed by atoms with van der Waals surface area (Å²) in [5.41, 5.74) is 2.18. The maximum Gasteiger partial charge on any atom is 0.272 e. The number of rotatable bonds is 4. The summed E-state index contributed by atoms with van der Waals surface area (Å²) in [5, 5.41) is 3.57. The van der Waals surface area contributed by atoms with Crippen LogP contribution in [-0.4, -0.2) is 24.1 Å². The molecule has 0 saturated carbocycles. The van der Waals surface area contributed by atoms with Crippen molar-refractivity contribution in [1.82, 2.24) is 4.57 Å². The lowest BCUT2D eigenvalue weighted by atomic mass is 10.2. The molecule has 21 heavy (non-hydrogen) atoms.